The molecule has 0 atom stereocenters. The molecule has 0 aliphatic heterocycles. The number of hydrogen-bond acceptors (Lipinski definition) is 1. The molecule has 0 aliphatic carbocycles. The Bertz CT molecular complexity index is 398. The highest BCUT2D eigenvalue weighted by atomic mass is 16.1. The van der Waals surface area contributed by atoms with Crippen molar-refractivity contribution < 1.29 is 4.79 Å². The predicted molar refractivity (Wildman–Crippen MR) is 68.9 cm³/mol. The zero-order valence-electron chi connectivity index (χ0n) is 10.8. The number of allylic oxidation sites excluding steroid dienone is 2. The van der Waals surface area contributed by atoms with E-state index >= 15 is 0 Å². The van der Waals surface area contributed by atoms with Gasteiger partial charge in [0.1, 0.15) is 0 Å². The Balaban J connectivity index is 2.96. The minimum absolute atomic E-state index is 0.0838. The van der Waals surface area contributed by atoms with Crippen LogP contribution in [0.25, 0.3) is 0 Å². The Hall–Kier alpha value is -1.37. The SMILES string of the molecule is CC(C)=CC(=O)c1ccc(C(C)(C)C)cc1. The number of rotatable bonds is 2. The number of hydrogen-bond donors (Lipinski definition) is 0. The Morgan fingerprint density at radius 2 is 1.56 bits per heavy atom. The first-order valence-corrected chi connectivity index (χ1v) is 5.60. The van der Waals surface area contributed by atoms with E-state index in [2.05, 4.69) is 20.8 Å². The maximum Gasteiger partial charge on any atom is 0.185 e. The van der Waals surface area contributed by atoms with E-state index in [0.717, 1.165) is 11.1 Å². The lowest BCUT2D eigenvalue weighted by Crippen LogP contribution is -2.11. The van der Waals surface area contributed by atoms with Crippen molar-refractivity contribution >= 4 is 5.78 Å². The van der Waals surface area contributed by atoms with Crippen LogP contribution in [0.3, 0.4) is 0 Å². The molecule has 16 heavy (non-hydrogen) atoms. The predicted octanol–water partition coefficient (Wildman–Crippen LogP) is 4.13. The van der Waals surface area contributed by atoms with E-state index < -0.39 is 0 Å². The van der Waals surface area contributed by atoms with Gasteiger partial charge >= 0.3 is 0 Å². The molecule has 0 aromatic heterocycles. The second-order valence-corrected chi connectivity index (χ2v) is 5.41. The summed E-state index contributed by atoms with van der Waals surface area (Å²) in [4.78, 5) is 11.7. The normalized spacial score (nSPS) is 11.1. The fraction of sp³-hybridized carbons (Fsp3) is 0.400. The zero-order chi connectivity index (χ0) is 12.3. The first kappa shape index (κ1) is 12.7. The molecule has 0 aliphatic rings. The van der Waals surface area contributed by atoms with E-state index in [4.69, 9.17) is 0 Å². The quantitative estimate of drug-likeness (QED) is 0.536. The lowest BCUT2D eigenvalue weighted by molar-refractivity contribution is 0.104. The van der Waals surface area contributed by atoms with Gasteiger partial charge in [-0.15, -0.1) is 0 Å². The summed E-state index contributed by atoms with van der Waals surface area (Å²) in [6.07, 6.45) is 1.67. The van der Waals surface area contributed by atoms with Crippen LogP contribution in [-0.2, 0) is 5.41 Å². The second-order valence-electron chi connectivity index (χ2n) is 5.41. The van der Waals surface area contributed by atoms with Crippen LogP contribution in [0.15, 0.2) is 35.9 Å². The lowest BCUT2D eigenvalue weighted by Gasteiger charge is -2.18. The van der Waals surface area contributed by atoms with Crippen molar-refractivity contribution in [2.45, 2.75) is 40.0 Å². The molecule has 86 valence electrons. The molecular weight excluding hydrogens is 196 g/mol. The minimum atomic E-state index is 0.0838. The molecule has 0 saturated heterocycles. The van der Waals surface area contributed by atoms with Crippen molar-refractivity contribution in [1.82, 2.24) is 0 Å². The van der Waals surface area contributed by atoms with Gasteiger partial charge in [0.2, 0.25) is 0 Å². The topological polar surface area (TPSA) is 17.1 Å². The highest BCUT2D eigenvalue weighted by molar-refractivity contribution is 6.04. The summed E-state index contributed by atoms with van der Waals surface area (Å²) in [7, 11) is 0. The molecule has 0 fully saturated rings. The van der Waals surface area contributed by atoms with Gasteiger partial charge in [0.15, 0.2) is 5.78 Å². The van der Waals surface area contributed by atoms with E-state index in [1.807, 2.05) is 38.1 Å². The molecule has 0 saturated carbocycles. The van der Waals surface area contributed by atoms with E-state index in [-0.39, 0.29) is 11.2 Å². The Morgan fingerprint density at radius 3 is 1.94 bits per heavy atom. The van der Waals surface area contributed by atoms with Gasteiger partial charge in [-0.2, -0.15) is 0 Å². The molecule has 0 heterocycles. The summed E-state index contributed by atoms with van der Waals surface area (Å²) in [6.45, 7) is 10.4. The van der Waals surface area contributed by atoms with E-state index in [0.29, 0.717) is 0 Å². The maximum atomic E-state index is 11.7. The highest BCUT2D eigenvalue weighted by Gasteiger charge is 2.13. The van der Waals surface area contributed by atoms with Crippen LogP contribution in [0.1, 0.15) is 50.5 Å². The Morgan fingerprint density at radius 1 is 1.06 bits per heavy atom. The minimum Gasteiger partial charge on any atom is -0.289 e. The van der Waals surface area contributed by atoms with Gasteiger partial charge in [-0.3, -0.25) is 4.79 Å². The van der Waals surface area contributed by atoms with E-state index in [1.54, 1.807) is 6.08 Å². The van der Waals surface area contributed by atoms with Crippen LogP contribution in [0.5, 0.6) is 0 Å². The van der Waals surface area contributed by atoms with Crippen molar-refractivity contribution in [3.05, 3.63) is 47.0 Å². The molecule has 1 rings (SSSR count). The molecule has 0 radical (unpaired) electrons. The summed E-state index contributed by atoms with van der Waals surface area (Å²) in [5.41, 5.74) is 3.18. The standard InChI is InChI=1S/C15H20O/c1-11(2)10-14(16)12-6-8-13(9-7-12)15(3,4)5/h6-10H,1-5H3. The van der Waals surface area contributed by atoms with Gasteiger partial charge in [0, 0.05) is 5.56 Å². The number of carbonyl (C=O) groups is 1. The van der Waals surface area contributed by atoms with Crippen molar-refractivity contribution in [3.63, 3.8) is 0 Å². The third-order valence-corrected chi connectivity index (χ3v) is 2.46. The van der Waals surface area contributed by atoms with Crippen molar-refractivity contribution in [3.8, 4) is 0 Å². The van der Waals surface area contributed by atoms with Crippen LogP contribution in [-0.4, -0.2) is 5.78 Å². The summed E-state index contributed by atoms with van der Waals surface area (Å²) >= 11 is 0. The Labute approximate surface area is 98.2 Å². The highest BCUT2D eigenvalue weighted by Crippen LogP contribution is 2.22. The largest absolute Gasteiger partial charge is 0.289 e. The maximum absolute atomic E-state index is 11.7. The van der Waals surface area contributed by atoms with Gasteiger partial charge in [-0.05, 0) is 30.9 Å². The summed E-state index contributed by atoms with van der Waals surface area (Å²) in [5, 5.41) is 0. The fourth-order valence-electron chi connectivity index (χ4n) is 1.48. The first-order chi connectivity index (χ1) is 7.30. The monoisotopic (exact) mass is 216 g/mol. The van der Waals surface area contributed by atoms with Gasteiger partial charge < -0.3 is 0 Å². The van der Waals surface area contributed by atoms with E-state index in [9.17, 15) is 4.79 Å². The molecule has 0 bridgehead atoms. The van der Waals surface area contributed by atoms with Crippen molar-refractivity contribution in [2.24, 2.45) is 0 Å². The van der Waals surface area contributed by atoms with Crippen LogP contribution < -0.4 is 0 Å². The molecule has 1 aromatic carbocycles. The van der Waals surface area contributed by atoms with Crippen LogP contribution in [0, 0.1) is 0 Å². The average molecular weight is 216 g/mol. The third kappa shape index (κ3) is 3.34. The van der Waals surface area contributed by atoms with Crippen LogP contribution >= 0.6 is 0 Å². The molecular formula is C15H20O. The van der Waals surface area contributed by atoms with Gasteiger partial charge in [0.05, 0.1) is 0 Å². The number of benzene rings is 1. The van der Waals surface area contributed by atoms with Gasteiger partial charge in [0.25, 0.3) is 0 Å². The van der Waals surface area contributed by atoms with E-state index in [1.165, 1.54) is 5.56 Å². The van der Waals surface area contributed by atoms with Gasteiger partial charge in [-0.25, -0.2) is 0 Å². The lowest BCUT2D eigenvalue weighted by atomic mass is 9.86. The van der Waals surface area contributed by atoms with Crippen LogP contribution in [0.4, 0.5) is 0 Å². The van der Waals surface area contributed by atoms with Crippen molar-refractivity contribution in [1.29, 1.82) is 0 Å². The molecule has 1 heteroatoms. The van der Waals surface area contributed by atoms with Crippen LogP contribution in [0.2, 0.25) is 0 Å². The Kier molecular flexibility index (Phi) is 3.69. The summed E-state index contributed by atoms with van der Waals surface area (Å²) < 4.78 is 0. The smallest absolute Gasteiger partial charge is 0.185 e. The third-order valence-electron chi connectivity index (χ3n) is 2.46. The first-order valence-electron chi connectivity index (χ1n) is 5.60. The molecule has 1 nitrogen and oxygen atoms in total. The van der Waals surface area contributed by atoms with Gasteiger partial charge in [-0.1, -0.05) is 50.6 Å². The molecule has 1 aromatic rings. The second kappa shape index (κ2) is 4.65. The summed E-state index contributed by atoms with van der Waals surface area (Å²) in [6, 6.07) is 7.88. The molecule has 0 unspecified atom stereocenters. The average Bonchev–Trinajstić information content (AvgIpc) is 2.15. The van der Waals surface area contributed by atoms with Crippen molar-refractivity contribution in [2.75, 3.05) is 0 Å². The molecule has 0 N–H and O–H groups in total. The molecule has 0 amide bonds. The molecule has 0 spiro atoms. The summed E-state index contributed by atoms with van der Waals surface area (Å²) in [5.74, 6) is 0.0838. The number of carbonyl (C=O) groups excluding carboxylic acids is 1. The fourth-order valence-corrected chi connectivity index (χ4v) is 1.48. The number of ketones is 1. The zero-order valence-corrected chi connectivity index (χ0v) is 10.8.